The van der Waals surface area contributed by atoms with Crippen LogP contribution in [0.1, 0.15) is 11.1 Å². The molecule has 0 saturated carbocycles. The smallest absolute Gasteiger partial charge is 0.234 e. The van der Waals surface area contributed by atoms with Crippen molar-refractivity contribution in [1.29, 1.82) is 0 Å². The number of aryl methyl sites for hydroxylation is 2. The molecule has 1 N–H and O–H groups in total. The Hall–Kier alpha value is -3.58. The molecule has 32 heavy (non-hydrogen) atoms. The maximum absolute atomic E-state index is 12.6. The minimum absolute atomic E-state index is 0.0874. The van der Waals surface area contributed by atoms with Crippen LogP contribution in [-0.2, 0) is 4.79 Å². The molecular formula is C25H24N4O2S. The van der Waals surface area contributed by atoms with Gasteiger partial charge in [-0.3, -0.25) is 9.36 Å². The average molecular weight is 445 g/mol. The van der Waals surface area contributed by atoms with E-state index in [0.29, 0.717) is 11.0 Å². The number of amides is 1. The minimum atomic E-state index is -0.0874. The zero-order valence-corrected chi connectivity index (χ0v) is 19.0. The molecular weight excluding hydrogens is 420 g/mol. The van der Waals surface area contributed by atoms with Gasteiger partial charge in [0.05, 0.1) is 12.9 Å². The zero-order chi connectivity index (χ0) is 22.5. The van der Waals surface area contributed by atoms with Gasteiger partial charge < -0.3 is 10.1 Å². The van der Waals surface area contributed by atoms with Gasteiger partial charge in [-0.05, 0) is 61.9 Å². The van der Waals surface area contributed by atoms with Gasteiger partial charge in [-0.25, -0.2) is 0 Å². The predicted molar refractivity (Wildman–Crippen MR) is 129 cm³/mol. The Labute approximate surface area is 191 Å². The van der Waals surface area contributed by atoms with E-state index in [4.69, 9.17) is 4.74 Å². The summed E-state index contributed by atoms with van der Waals surface area (Å²) in [5.41, 5.74) is 4.87. The number of carbonyl (C=O) groups excluding carboxylic acids is 1. The van der Waals surface area contributed by atoms with Crippen molar-refractivity contribution in [1.82, 2.24) is 14.8 Å². The second kappa shape index (κ2) is 9.70. The molecule has 7 heteroatoms. The van der Waals surface area contributed by atoms with Gasteiger partial charge in [0.15, 0.2) is 11.0 Å². The van der Waals surface area contributed by atoms with E-state index in [1.54, 1.807) is 7.11 Å². The summed E-state index contributed by atoms with van der Waals surface area (Å²) in [6, 6.07) is 23.5. The van der Waals surface area contributed by atoms with Crippen molar-refractivity contribution >= 4 is 23.4 Å². The summed E-state index contributed by atoms with van der Waals surface area (Å²) in [7, 11) is 1.64. The van der Waals surface area contributed by atoms with Crippen LogP contribution < -0.4 is 10.1 Å². The van der Waals surface area contributed by atoms with Gasteiger partial charge >= 0.3 is 0 Å². The van der Waals surface area contributed by atoms with E-state index in [-0.39, 0.29) is 11.7 Å². The minimum Gasteiger partial charge on any atom is -0.497 e. The Kier molecular flexibility index (Phi) is 6.56. The number of thioether (sulfide) groups is 1. The molecule has 0 unspecified atom stereocenters. The lowest BCUT2D eigenvalue weighted by atomic mass is 10.1. The number of anilines is 1. The fraction of sp³-hybridized carbons (Fsp3) is 0.160. The lowest BCUT2D eigenvalue weighted by molar-refractivity contribution is -0.113. The van der Waals surface area contributed by atoms with Gasteiger partial charge in [0.25, 0.3) is 0 Å². The Morgan fingerprint density at radius 2 is 1.75 bits per heavy atom. The summed E-state index contributed by atoms with van der Waals surface area (Å²) in [6.45, 7) is 4.02. The van der Waals surface area contributed by atoms with Crippen LogP contribution in [0.25, 0.3) is 17.1 Å². The summed E-state index contributed by atoms with van der Waals surface area (Å²) < 4.78 is 7.23. The monoisotopic (exact) mass is 444 g/mol. The quantitative estimate of drug-likeness (QED) is 0.392. The largest absolute Gasteiger partial charge is 0.497 e. The van der Waals surface area contributed by atoms with Gasteiger partial charge in [0.1, 0.15) is 5.75 Å². The molecule has 162 valence electrons. The SMILES string of the molecule is COc1ccc(-c2nnc(SCC(=O)Nc3ccc(C)cc3C)n2-c2ccccc2)cc1. The topological polar surface area (TPSA) is 69.0 Å². The van der Waals surface area contributed by atoms with E-state index in [2.05, 4.69) is 21.6 Å². The Bertz CT molecular complexity index is 1220. The molecule has 0 spiro atoms. The highest BCUT2D eigenvalue weighted by molar-refractivity contribution is 7.99. The third-order valence-corrected chi connectivity index (χ3v) is 5.91. The highest BCUT2D eigenvalue weighted by Gasteiger charge is 2.17. The normalized spacial score (nSPS) is 10.7. The van der Waals surface area contributed by atoms with Crippen molar-refractivity contribution in [2.24, 2.45) is 0 Å². The molecule has 0 aliphatic rings. The summed E-state index contributed by atoms with van der Waals surface area (Å²) in [6.07, 6.45) is 0. The first-order valence-electron chi connectivity index (χ1n) is 10.2. The predicted octanol–water partition coefficient (Wildman–Crippen LogP) is 5.29. The lowest BCUT2D eigenvalue weighted by Gasteiger charge is -2.11. The first kappa shape index (κ1) is 21.6. The summed E-state index contributed by atoms with van der Waals surface area (Å²) >= 11 is 1.35. The van der Waals surface area contributed by atoms with Crippen LogP contribution in [0.4, 0.5) is 5.69 Å². The van der Waals surface area contributed by atoms with E-state index < -0.39 is 0 Å². The Morgan fingerprint density at radius 3 is 2.44 bits per heavy atom. The number of methoxy groups -OCH3 is 1. The van der Waals surface area contributed by atoms with Crippen LogP contribution in [0.15, 0.2) is 78.0 Å². The average Bonchev–Trinajstić information content (AvgIpc) is 3.24. The van der Waals surface area contributed by atoms with Crippen molar-refractivity contribution < 1.29 is 9.53 Å². The number of hydrogen-bond donors (Lipinski definition) is 1. The highest BCUT2D eigenvalue weighted by Crippen LogP contribution is 2.29. The molecule has 0 saturated heterocycles. The van der Waals surface area contributed by atoms with Crippen LogP contribution in [0, 0.1) is 13.8 Å². The molecule has 0 fully saturated rings. The third-order valence-electron chi connectivity index (χ3n) is 4.98. The van der Waals surface area contributed by atoms with Crippen molar-refractivity contribution in [3.8, 4) is 22.8 Å². The maximum Gasteiger partial charge on any atom is 0.234 e. The number of hydrogen-bond acceptors (Lipinski definition) is 5. The van der Waals surface area contributed by atoms with Gasteiger partial charge in [-0.15, -0.1) is 10.2 Å². The number of nitrogens with zero attached hydrogens (tertiary/aromatic N) is 3. The van der Waals surface area contributed by atoms with E-state index in [1.807, 2.05) is 85.1 Å². The second-order valence-electron chi connectivity index (χ2n) is 7.36. The molecule has 1 aromatic heterocycles. The van der Waals surface area contributed by atoms with Crippen molar-refractivity contribution in [2.75, 3.05) is 18.2 Å². The molecule has 6 nitrogen and oxygen atoms in total. The molecule has 0 bridgehead atoms. The van der Waals surface area contributed by atoms with Gasteiger partial charge in [0, 0.05) is 16.9 Å². The number of nitrogens with one attached hydrogen (secondary N) is 1. The number of rotatable bonds is 7. The Morgan fingerprint density at radius 1 is 1.00 bits per heavy atom. The van der Waals surface area contributed by atoms with Crippen LogP contribution >= 0.6 is 11.8 Å². The first-order chi connectivity index (χ1) is 15.5. The summed E-state index contributed by atoms with van der Waals surface area (Å²) in [5.74, 6) is 1.62. The molecule has 0 aliphatic heterocycles. The van der Waals surface area contributed by atoms with Crippen LogP contribution in [0.3, 0.4) is 0 Å². The number of ether oxygens (including phenoxy) is 1. The molecule has 3 aromatic carbocycles. The van der Waals surface area contributed by atoms with Crippen molar-refractivity contribution in [2.45, 2.75) is 19.0 Å². The molecule has 1 heterocycles. The standard InChI is InChI=1S/C25H24N4O2S/c1-17-9-14-22(18(2)15-17)26-23(30)16-32-25-28-27-24(19-10-12-21(31-3)13-11-19)29(25)20-7-5-4-6-8-20/h4-15H,16H2,1-3H3,(H,26,30). The molecule has 4 rings (SSSR count). The molecule has 4 aromatic rings. The number of carbonyl (C=O) groups is 1. The lowest BCUT2D eigenvalue weighted by Crippen LogP contribution is -2.15. The number of aromatic nitrogens is 3. The van der Waals surface area contributed by atoms with E-state index in [9.17, 15) is 4.79 Å². The Balaban J connectivity index is 1.58. The number of benzene rings is 3. The van der Waals surface area contributed by atoms with Gasteiger partial charge in [-0.2, -0.15) is 0 Å². The summed E-state index contributed by atoms with van der Waals surface area (Å²) in [5, 5.41) is 12.4. The first-order valence-corrected chi connectivity index (χ1v) is 11.2. The zero-order valence-electron chi connectivity index (χ0n) is 18.2. The fourth-order valence-electron chi connectivity index (χ4n) is 3.37. The molecule has 0 aliphatic carbocycles. The molecule has 1 amide bonds. The summed E-state index contributed by atoms with van der Waals surface area (Å²) in [4.78, 5) is 12.6. The third kappa shape index (κ3) is 4.84. The second-order valence-corrected chi connectivity index (χ2v) is 8.30. The fourth-order valence-corrected chi connectivity index (χ4v) is 4.12. The molecule has 0 radical (unpaired) electrons. The van der Waals surface area contributed by atoms with E-state index in [0.717, 1.165) is 33.8 Å². The number of para-hydroxylation sites is 1. The van der Waals surface area contributed by atoms with Crippen LogP contribution in [-0.4, -0.2) is 33.5 Å². The van der Waals surface area contributed by atoms with Crippen LogP contribution in [0.5, 0.6) is 5.75 Å². The molecule has 0 atom stereocenters. The van der Waals surface area contributed by atoms with Crippen molar-refractivity contribution in [3.63, 3.8) is 0 Å². The van der Waals surface area contributed by atoms with E-state index >= 15 is 0 Å². The van der Waals surface area contributed by atoms with Gasteiger partial charge in [0.2, 0.25) is 5.91 Å². The highest BCUT2D eigenvalue weighted by atomic mass is 32.2. The van der Waals surface area contributed by atoms with Gasteiger partial charge in [-0.1, -0.05) is 47.7 Å². The van der Waals surface area contributed by atoms with E-state index in [1.165, 1.54) is 11.8 Å². The maximum atomic E-state index is 12.6. The van der Waals surface area contributed by atoms with Crippen molar-refractivity contribution in [3.05, 3.63) is 83.9 Å². The van der Waals surface area contributed by atoms with Crippen LogP contribution in [0.2, 0.25) is 0 Å².